The van der Waals surface area contributed by atoms with Gasteiger partial charge in [-0.05, 0) is 49.6 Å². The van der Waals surface area contributed by atoms with Crippen molar-refractivity contribution < 1.29 is 24.6 Å². The summed E-state index contributed by atoms with van der Waals surface area (Å²) in [6, 6.07) is 10.6. The SMILES string of the molecule is C[C@H](N)C(=O)N[C@@H](C)C(=O)Nc1ccc2c(c1)C(=CC1CC(O)c3ccccc3C1O)C(=O)N2. The fourth-order valence-electron chi connectivity index (χ4n) is 4.29. The summed E-state index contributed by atoms with van der Waals surface area (Å²) >= 11 is 0. The third-order valence-corrected chi connectivity index (χ3v) is 6.19. The van der Waals surface area contributed by atoms with Gasteiger partial charge in [-0.2, -0.15) is 0 Å². The molecule has 0 aromatic heterocycles. The van der Waals surface area contributed by atoms with Crippen LogP contribution in [-0.4, -0.2) is 40.0 Å². The van der Waals surface area contributed by atoms with Crippen LogP contribution in [-0.2, 0) is 14.4 Å². The first kappa shape index (κ1) is 23.6. The Kier molecular flexibility index (Phi) is 6.52. The van der Waals surface area contributed by atoms with E-state index in [9.17, 15) is 24.6 Å². The molecule has 3 unspecified atom stereocenters. The third-order valence-electron chi connectivity index (χ3n) is 6.19. The molecule has 0 radical (unpaired) electrons. The number of hydrogen-bond acceptors (Lipinski definition) is 6. The van der Waals surface area contributed by atoms with Crippen LogP contribution in [0.4, 0.5) is 11.4 Å². The molecule has 0 fully saturated rings. The van der Waals surface area contributed by atoms with Gasteiger partial charge in [0.2, 0.25) is 11.8 Å². The van der Waals surface area contributed by atoms with Crippen molar-refractivity contribution in [2.24, 2.45) is 11.7 Å². The van der Waals surface area contributed by atoms with Gasteiger partial charge in [-0.3, -0.25) is 14.4 Å². The van der Waals surface area contributed by atoms with Gasteiger partial charge in [-0.25, -0.2) is 0 Å². The highest BCUT2D eigenvalue weighted by Gasteiger charge is 2.34. The van der Waals surface area contributed by atoms with E-state index in [4.69, 9.17) is 5.73 Å². The summed E-state index contributed by atoms with van der Waals surface area (Å²) < 4.78 is 0. The fraction of sp³-hybridized carbons (Fsp3) is 0.320. The number of aliphatic hydroxyl groups excluding tert-OH is 2. The van der Waals surface area contributed by atoms with E-state index >= 15 is 0 Å². The zero-order chi connectivity index (χ0) is 24.6. The summed E-state index contributed by atoms with van der Waals surface area (Å²) in [7, 11) is 0. The number of benzene rings is 2. The normalized spacial score (nSPS) is 24.0. The highest BCUT2D eigenvalue weighted by Crippen LogP contribution is 2.43. The van der Waals surface area contributed by atoms with Crippen LogP contribution in [0.3, 0.4) is 0 Å². The van der Waals surface area contributed by atoms with Gasteiger partial charge in [0.25, 0.3) is 5.91 Å². The zero-order valence-electron chi connectivity index (χ0n) is 18.9. The molecular formula is C25H28N4O5. The molecule has 3 amide bonds. The largest absolute Gasteiger partial charge is 0.388 e. The van der Waals surface area contributed by atoms with Gasteiger partial charge in [0.1, 0.15) is 6.04 Å². The second-order valence-corrected chi connectivity index (χ2v) is 8.79. The number of fused-ring (bicyclic) bond motifs is 2. The van der Waals surface area contributed by atoms with Crippen molar-refractivity contribution in [1.29, 1.82) is 0 Å². The van der Waals surface area contributed by atoms with E-state index in [-0.39, 0.29) is 12.3 Å². The molecule has 1 aliphatic carbocycles. The summed E-state index contributed by atoms with van der Waals surface area (Å²) in [4.78, 5) is 37.0. The second kappa shape index (κ2) is 9.38. The van der Waals surface area contributed by atoms with Crippen LogP contribution in [0.25, 0.3) is 5.57 Å². The first-order chi connectivity index (χ1) is 16.2. The summed E-state index contributed by atoms with van der Waals surface area (Å²) in [6.07, 6.45) is 0.352. The Morgan fingerprint density at radius 1 is 1.12 bits per heavy atom. The van der Waals surface area contributed by atoms with Crippen LogP contribution in [0.15, 0.2) is 48.5 Å². The molecule has 9 nitrogen and oxygen atoms in total. The molecule has 0 saturated carbocycles. The molecule has 1 heterocycles. The van der Waals surface area contributed by atoms with Crippen LogP contribution in [0.1, 0.15) is 49.2 Å². The number of aliphatic hydroxyl groups is 2. The van der Waals surface area contributed by atoms with E-state index in [1.54, 1.807) is 49.4 Å². The maximum Gasteiger partial charge on any atom is 0.256 e. The van der Waals surface area contributed by atoms with E-state index in [0.717, 1.165) is 0 Å². The number of nitrogens with one attached hydrogen (secondary N) is 3. The maximum absolute atomic E-state index is 12.7. The minimum absolute atomic E-state index is 0.275. The number of carbonyl (C=O) groups excluding carboxylic acids is 3. The Morgan fingerprint density at radius 3 is 2.53 bits per heavy atom. The average molecular weight is 465 g/mol. The van der Waals surface area contributed by atoms with Gasteiger partial charge in [0, 0.05) is 28.4 Å². The maximum atomic E-state index is 12.7. The number of nitrogens with two attached hydrogens (primary N) is 1. The fourth-order valence-corrected chi connectivity index (χ4v) is 4.29. The predicted molar refractivity (Wildman–Crippen MR) is 127 cm³/mol. The van der Waals surface area contributed by atoms with Crippen molar-refractivity contribution >= 4 is 34.7 Å². The summed E-state index contributed by atoms with van der Waals surface area (Å²) in [6.45, 7) is 3.08. The summed E-state index contributed by atoms with van der Waals surface area (Å²) in [5.74, 6) is -1.66. The number of amides is 3. The van der Waals surface area contributed by atoms with Crippen molar-refractivity contribution in [1.82, 2.24) is 5.32 Å². The molecule has 0 spiro atoms. The highest BCUT2D eigenvalue weighted by molar-refractivity contribution is 6.31. The lowest BCUT2D eigenvalue weighted by Crippen LogP contribution is -2.47. The van der Waals surface area contributed by atoms with Crippen LogP contribution in [0, 0.1) is 5.92 Å². The Hall–Kier alpha value is -3.53. The Morgan fingerprint density at radius 2 is 1.82 bits per heavy atom. The molecule has 1 aliphatic heterocycles. The average Bonchev–Trinajstić information content (AvgIpc) is 3.11. The monoisotopic (exact) mass is 464 g/mol. The van der Waals surface area contributed by atoms with Gasteiger partial charge < -0.3 is 31.9 Å². The van der Waals surface area contributed by atoms with Crippen LogP contribution in [0.5, 0.6) is 0 Å². The van der Waals surface area contributed by atoms with Crippen LogP contribution in [0.2, 0.25) is 0 Å². The van der Waals surface area contributed by atoms with Gasteiger partial charge in [0.15, 0.2) is 0 Å². The molecule has 7 N–H and O–H groups in total. The zero-order valence-corrected chi connectivity index (χ0v) is 18.9. The number of anilines is 2. The number of rotatable bonds is 5. The summed E-state index contributed by atoms with van der Waals surface area (Å²) in [5, 5.41) is 29.5. The molecule has 34 heavy (non-hydrogen) atoms. The van der Waals surface area contributed by atoms with E-state index in [0.29, 0.717) is 33.6 Å². The predicted octanol–water partition coefficient (Wildman–Crippen LogP) is 1.60. The molecule has 0 saturated heterocycles. The van der Waals surface area contributed by atoms with Gasteiger partial charge in [-0.1, -0.05) is 30.3 Å². The molecule has 178 valence electrons. The smallest absolute Gasteiger partial charge is 0.256 e. The molecule has 2 aromatic rings. The molecular weight excluding hydrogens is 436 g/mol. The molecule has 2 aromatic carbocycles. The first-order valence-electron chi connectivity index (χ1n) is 11.1. The number of carbonyl (C=O) groups is 3. The van der Waals surface area contributed by atoms with E-state index in [1.807, 2.05) is 6.07 Å². The lowest BCUT2D eigenvalue weighted by molar-refractivity contribution is -0.126. The van der Waals surface area contributed by atoms with Gasteiger partial charge in [0.05, 0.1) is 18.2 Å². The minimum atomic E-state index is -0.860. The summed E-state index contributed by atoms with van der Waals surface area (Å²) in [5.41, 5.74) is 8.83. The highest BCUT2D eigenvalue weighted by atomic mass is 16.3. The Labute approximate surface area is 197 Å². The Bertz CT molecular complexity index is 1180. The number of hydrogen-bond donors (Lipinski definition) is 6. The van der Waals surface area contributed by atoms with E-state index in [1.165, 1.54) is 6.92 Å². The third kappa shape index (κ3) is 4.58. The van der Waals surface area contributed by atoms with Crippen LogP contribution >= 0.6 is 0 Å². The minimum Gasteiger partial charge on any atom is -0.388 e. The Balaban J connectivity index is 1.56. The van der Waals surface area contributed by atoms with E-state index in [2.05, 4.69) is 16.0 Å². The molecule has 0 bridgehead atoms. The first-order valence-corrected chi connectivity index (χ1v) is 11.1. The van der Waals surface area contributed by atoms with Crippen molar-refractivity contribution in [3.8, 4) is 0 Å². The standard InChI is InChI=1S/C25H28N4O5/c1-12(26)23(32)27-13(2)24(33)28-15-7-8-20-18(11-15)19(25(34)29-20)9-14-10-21(30)16-5-3-4-6-17(16)22(14)31/h3-9,11-14,21-22,30-31H,10,26H2,1-2H3,(H,27,32)(H,28,33)(H,29,34)/t12-,13-,14?,21?,22?/m0/s1. The van der Waals surface area contributed by atoms with Crippen molar-refractivity contribution in [3.63, 3.8) is 0 Å². The second-order valence-electron chi connectivity index (χ2n) is 8.79. The quantitative estimate of drug-likeness (QED) is 0.370. The molecule has 9 heteroatoms. The lowest BCUT2D eigenvalue weighted by atomic mass is 9.78. The van der Waals surface area contributed by atoms with Gasteiger partial charge in [-0.15, -0.1) is 0 Å². The van der Waals surface area contributed by atoms with Crippen molar-refractivity contribution in [2.45, 2.75) is 44.6 Å². The van der Waals surface area contributed by atoms with Crippen molar-refractivity contribution in [2.75, 3.05) is 10.6 Å². The van der Waals surface area contributed by atoms with Gasteiger partial charge >= 0.3 is 0 Å². The lowest BCUT2D eigenvalue weighted by Gasteiger charge is -2.31. The molecule has 5 atom stereocenters. The molecule has 4 rings (SSSR count). The van der Waals surface area contributed by atoms with E-state index < -0.39 is 42.0 Å². The topological polar surface area (TPSA) is 154 Å². The van der Waals surface area contributed by atoms with Crippen LogP contribution < -0.4 is 21.7 Å². The van der Waals surface area contributed by atoms with Crippen molar-refractivity contribution in [3.05, 3.63) is 65.2 Å². The molecule has 2 aliphatic rings.